The summed E-state index contributed by atoms with van der Waals surface area (Å²) in [7, 11) is 0. The van der Waals surface area contributed by atoms with Gasteiger partial charge in [0.15, 0.2) is 0 Å². The van der Waals surface area contributed by atoms with Crippen molar-refractivity contribution in [1.82, 2.24) is 10.6 Å². The first-order chi connectivity index (χ1) is 8.24. The monoisotopic (exact) mass is 272 g/mol. The number of halogens is 1. The molecule has 2 N–H and O–H groups in total. The van der Waals surface area contributed by atoms with Gasteiger partial charge in [-0.1, -0.05) is 11.6 Å². The van der Waals surface area contributed by atoms with Crippen molar-refractivity contribution in [2.45, 2.75) is 38.3 Å². The maximum absolute atomic E-state index is 11.4. The highest BCUT2D eigenvalue weighted by Crippen LogP contribution is 2.19. The minimum atomic E-state index is 0.188. The highest BCUT2D eigenvalue weighted by atomic mass is 35.5. The van der Waals surface area contributed by atoms with Gasteiger partial charge in [0.25, 0.3) is 0 Å². The molecule has 5 heteroatoms. The Labute approximate surface area is 111 Å². The molecule has 1 heterocycles. The summed E-state index contributed by atoms with van der Waals surface area (Å²) in [5.41, 5.74) is 0. The normalized spacial score (nSPS) is 14.9. The van der Waals surface area contributed by atoms with E-state index in [1.54, 1.807) is 11.3 Å². The molecule has 2 rings (SSSR count). The van der Waals surface area contributed by atoms with Crippen molar-refractivity contribution in [3.63, 3.8) is 0 Å². The molecule has 17 heavy (non-hydrogen) atoms. The lowest BCUT2D eigenvalue weighted by Gasteiger charge is -2.04. The largest absolute Gasteiger partial charge is 0.353 e. The number of rotatable bonds is 7. The molecule has 0 unspecified atom stereocenters. The van der Waals surface area contributed by atoms with Gasteiger partial charge in [0, 0.05) is 29.3 Å². The van der Waals surface area contributed by atoms with Crippen LogP contribution in [-0.4, -0.2) is 18.5 Å². The molecule has 0 aliphatic heterocycles. The maximum atomic E-state index is 11.4. The molecule has 1 aliphatic rings. The molecule has 94 valence electrons. The molecule has 3 nitrogen and oxygen atoms in total. The summed E-state index contributed by atoms with van der Waals surface area (Å²) in [6.07, 6.45) is 3.82. The van der Waals surface area contributed by atoms with E-state index in [1.807, 2.05) is 11.4 Å². The summed E-state index contributed by atoms with van der Waals surface area (Å²) in [5, 5.41) is 9.03. The number of hydrogen-bond donors (Lipinski definition) is 2. The summed E-state index contributed by atoms with van der Waals surface area (Å²) in [5.74, 6) is 0.188. The lowest BCUT2D eigenvalue weighted by molar-refractivity contribution is -0.121. The van der Waals surface area contributed by atoms with E-state index in [4.69, 9.17) is 11.6 Å². The summed E-state index contributed by atoms with van der Waals surface area (Å²) < 4.78 is 0. The number of thiophene rings is 1. The lowest BCUT2D eigenvalue weighted by Crippen LogP contribution is -2.26. The Morgan fingerprint density at radius 3 is 3.00 bits per heavy atom. The zero-order valence-electron chi connectivity index (χ0n) is 9.67. The van der Waals surface area contributed by atoms with Crippen LogP contribution in [0.2, 0.25) is 5.02 Å². The molecular weight excluding hydrogens is 256 g/mol. The predicted molar refractivity (Wildman–Crippen MR) is 71.4 cm³/mol. The lowest BCUT2D eigenvalue weighted by atomic mass is 10.3. The first kappa shape index (κ1) is 12.9. The van der Waals surface area contributed by atoms with Crippen LogP contribution in [0.3, 0.4) is 0 Å². The third-order valence-electron chi connectivity index (χ3n) is 2.62. The van der Waals surface area contributed by atoms with Crippen molar-refractivity contribution in [3.8, 4) is 0 Å². The van der Waals surface area contributed by atoms with Crippen LogP contribution in [0.5, 0.6) is 0 Å². The number of carbonyl (C=O) groups excluding carboxylic acids is 1. The van der Waals surface area contributed by atoms with Gasteiger partial charge < -0.3 is 10.6 Å². The van der Waals surface area contributed by atoms with Crippen LogP contribution in [0.25, 0.3) is 0 Å². The van der Waals surface area contributed by atoms with Gasteiger partial charge in [-0.25, -0.2) is 0 Å². The van der Waals surface area contributed by atoms with Gasteiger partial charge in [-0.15, -0.1) is 11.3 Å². The minimum absolute atomic E-state index is 0.188. The van der Waals surface area contributed by atoms with Crippen molar-refractivity contribution in [1.29, 1.82) is 0 Å². The number of nitrogens with one attached hydrogen (secondary N) is 2. The van der Waals surface area contributed by atoms with Gasteiger partial charge >= 0.3 is 0 Å². The first-order valence-electron chi connectivity index (χ1n) is 5.97. The van der Waals surface area contributed by atoms with Crippen LogP contribution in [0.4, 0.5) is 0 Å². The Morgan fingerprint density at radius 1 is 1.53 bits per heavy atom. The van der Waals surface area contributed by atoms with Crippen LogP contribution in [0, 0.1) is 0 Å². The quantitative estimate of drug-likeness (QED) is 0.749. The molecule has 0 saturated heterocycles. The second-order valence-electron chi connectivity index (χ2n) is 4.35. The minimum Gasteiger partial charge on any atom is -0.353 e. The summed E-state index contributed by atoms with van der Waals surface area (Å²) in [6, 6.07) is 2.45. The van der Waals surface area contributed by atoms with Crippen LogP contribution in [-0.2, 0) is 11.3 Å². The van der Waals surface area contributed by atoms with Crippen molar-refractivity contribution in [2.24, 2.45) is 0 Å². The third-order valence-corrected chi connectivity index (χ3v) is 3.91. The Kier molecular flexibility index (Phi) is 4.83. The Hall–Kier alpha value is -0.580. The SMILES string of the molecule is O=C(CCCNCc1cc(Cl)cs1)NC1CC1. The molecule has 1 aromatic heterocycles. The fourth-order valence-electron chi connectivity index (χ4n) is 1.56. The van der Waals surface area contributed by atoms with Gasteiger partial charge in [0.1, 0.15) is 0 Å². The molecule has 1 aromatic rings. The molecule has 0 atom stereocenters. The molecule has 0 bridgehead atoms. The van der Waals surface area contributed by atoms with E-state index in [0.29, 0.717) is 12.5 Å². The average Bonchev–Trinajstić information content (AvgIpc) is 3.00. The van der Waals surface area contributed by atoms with Crippen LogP contribution in [0.1, 0.15) is 30.6 Å². The smallest absolute Gasteiger partial charge is 0.220 e. The number of hydrogen-bond acceptors (Lipinski definition) is 3. The van der Waals surface area contributed by atoms with E-state index in [1.165, 1.54) is 4.88 Å². The van der Waals surface area contributed by atoms with Crippen LogP contribution < -0.4 is 10.6 Å². The molecule has 0 radical (unpaired) electrons. The second-order valence-corrected chi connectivity index (χ2v) is 5.79. The molecule has 0 aromatic carbocycles. The van der Waals surface area contributed by atoms with Gasteiger partial charge in [0.2, 0.25) is 5.91 Å². The first-order valence-corrected chi connectivity index (χ1v) is 7.23. The molecule has 0 spiro atoms. The van der Waals surface area contributed by atoms with Gasteiger partial charge in [-0.3, -0.25) is 4.79 Å². The third kappa shape index (κ3) is 5.06. The maximum Gasteiger partial charge on any atom is 0.220 e. The average molecular weight is 273 g/mol. The number of amides is 1. The Balaban J connectivity index is 1.49. The summed E-state index contributed by atoms with van der Waals surface area (Å²) in [4.78, 5) is 12.6. The van der Waals surface area contributed by atoms with Gasteiger partial charge in [-0.05, 0) is 31.9 Å². The highest BCUT2D eigenvalue weighted by molar-refractivity contribution is 7.10. The van der Waals surface area contributed by atoms with Crippen LogP contribution in [0.15, 0.2) is 11.4 Å². The number of carbonyl (C=O) groups is 1. The van der Waals surface area contributed by atoms with E-state index in [9.17, 15) is 4.79 Å². The van der Waals surface area contributed by atoms with Crippen molar-refractivity contribution < 1.29 is 4.79 Å². The van der Waals surface area contributed by atoms with Crippen molar-refractivity contribution >= 4 is 28.8 Å². The molecule has 1 aliphatic carbocycles. The fourth-order valence-corrected chi connectivity index (χ4v) is 2.60. The van der Waals surface area contributed by atoms with E-state index in [0.717, 1.165) is 37.4 Å². The summed E-state index contributed by atoms with van der Waals surface area (Å²) in [6.45, 7) is 1.70. The Bertz CT molecular complexity index is 376. The van der Waals surface area contributed by atoms with Crippen molar-refractivity contribution in [2.75, 3.05) is 6.54 Å². The highest BCUT2D eigenvalue weighted by Gasteiger charge is 2.22. The molecule has 1 amide bonds. The van der Waals surface area contributed by atoms with E-state index in [2.05, 4.69) is 10.6 Å². The molecule has 1 saturated carbocycles. The van der Waals surface area contributed by atoms with Gasteiger partial charge in [-0.2, -0.15) is 0 Å². The van der Waals surface area contributed by atoms with Crippen LogP contribution >= 0.6 is 22.9 Å². The second kappa shape index (κ2) is 6.38. The standard InChI is InChI=1S/C12H17ClN2OS/c13-9-6-11(17-8-9)7-14-5-1-2-12(16)15-10-3-4-10/h6,8,10,14H,1-5,7H2,(H,15,16). The zero-order valence-corrected chi connectivity index (χ0v) is 11.2. The summed E-state index contributed by atoms with van der Waals surface area (Å²) >= 11 is 7.48. The zero-order chi connectivity index (χ0) is 12.1. The van der Waals surface area contributed by atoms with Crippen molar-refractivity contribution in [3.05, 3.63) is 21.3 Å². The van der Waals surface area contributed by atoms with E-state index in [-0.39, 0.29) is 5.91 Å². The Morgan fingerprint density at radius 2 is 2.35 bits per heavy atom. The molecule has 1 fully saturated rings. The predicted octanol–water partition coefficient (Wildman–Crippen LogP) is 2.55. The molecular formula is C12H17ClN2OS. The van der Waals surface area contributed by atoms with E-state index >= 15 is 0 Å². The topological polar surface area (TPSA) is 41.1 Å². The van der Waals surface area contributed by atoms with E-state index < -0.39 is 0 Å². The fraction of sp³-hybridized carbons (Fsp3) is 0.583. The van der Waals surface area contributed by atoms with Gasteiger partial charge in [0.05, 0.1) is 5.02 Å².